The Morgan fingerprint density at radius 3 is 2.68 bits per heavy atom. The van der Waals surface area contributed by atoms with Gasteiger partial charge in [0.2, 0.25) is 0 Å². The van der Waals surface area contributed by atoms with Crippen LogP contribution in [0.4, 0.5) is 0 Å². The predicted octanol–water partition coefficient (Wildman–Crippen LogP) is 2.22. The lowest BCUT2D eigenvalue weighted by molar-refractivity contribution is 0.144. The van der Waals surface area contributed by atoms with Crippen molar-refractivity contribution in [2.75, 3.05) is 34.0 Å². The van der Waals surface area contributed by atoms with E-state index in [9.17, 15) is 0 Å². The van der Waals surface area contributed by atoms with Gasteiger partial charge < -0.3 is 19.5 Å². The van der Waals surface area contributed by atoms with Gasteiger partial charge in [0.05, 0.1) is 13.7 Å². The highest BCUT2D eigenvalue weighted by atomic mass is 16.5. The van der Waals surface area contributed by atoms with Crippen LogP contribution in [0, 0.1) is 5.92 Å². The lowest BCUT2D eigenvalue weighted by Crippen LogP contribution is -2.16. The maximum Gasteiger partial charge on any atom is 0.161 e. The molecule has 19 heavy (non-hydrogen) atoms. The van der Waals surface area contributed by atoms with E-state index in [4.69, 9.17) is 14.2 Å². The summed E-state index contributed by atoms with van der Waals surface area (Å²) in [5.74, 6) is 2.45. The molecule has 0 atom stereocenters. The van der Waals surface area contributed by atoms with Crippen LogP contribution in [0.3, 0.4) is 0 Å². The van der Waals surface area contributed by atoms with Gasteiger partial charge in [0, 0.05) is 13.7 Å². The number of benzene rings is 1. The Bertz CT molecular complexity index is 391. The van der Waals surface area contributed by atoms with Gasteiger partial charge in [0.25, 0.3) is 0 Å². The van der Waals surface area contributed by atoms with Gasteiger partial charge in [0.1, 0.15) is 6.61 Å². The summed E-state index contributed by atoms with van der Waals surface area (Å²) in [7, 11) is 3.33. The zero-order valence-electron chi connectivity index (χ0n) is 11.8. The first-order valence-electron chi connectivity index (χ1n) is 6.83. The highest BCUT2D eigenvalue weighted by molar-refractivity contribution is 5.42. The fraction of sp³-hybridized carbons (Fsp3) is 0.600. The van der Waals surface area contributed by atoms with Crippen LogP contribution in [-0.4, -0.2) is 34.0 Å². The maximum atomic E-state index is 5.61. The summed E-state index contributed by atoms with van der Waals surface area (Å²) in [6.45, 7) is 3.11. The third-order valence-electron chi connectivity index (χ3n) is 3.23. The Labute approximate surface area is 115 Å². The van der Waals surface area contributed by atoms with Crippen molar-refractivity contribution in [3.05, 3.63) is 23.8 Å². The lowest BCUT2D eigenvalue weighted by atomic mass is 10.2. The summed E-state index contributed by atoms with van der Waals surface area (Å²) in [5, 5.41) is 3.47. The first kappa shape index (κ1) is 14.2. The minimum atomic E-state index is 0.534. The molecule has 1 aliphatic rings. The zero-order chi connectivity index (χ0) is 13.5. The van der Waals surface area contributed by atoms with Crippen LogP contribution in [-0.2, 0) is 11.3 Å². The number of hydrogen-bond donors (Lipinski definition) is 1. The fourth-order valence-corrected chi connectivity index (χ4v) is 1.92. The van der Waals surface area contributed by atoms with Crippen molar-refractivity contribution in [2.45, 2.75) is 19.4 Å². The molecule has 0 aliphatic heterocycles. The molecular weight excluding hydrogens is 242 g/mol. The van der Waals surface area contributed by atoms with E-state index < -0.39 is 0 Å². The highest BCUT2D eigenvalue weighted by Gasteiger charge is 2.20. The van der Waals surface area contributed by atoms with Crippen molar-refractivity contribution in [3.63, 3.8) is 0 Å². The van der Waals surface area contributed by atoms with E-state index in [1.54, 1.807) is 14.2 Å². The number of ether oxygens (including phenoxy) is 3. The van der Waals surface area contributed by atoms with Crippen molar-refractivity contribution < 1.29 is 14.2 Å². The van der Waals surface area contributed by atoms with E-state index in [2.05, 4.69) is 11.4 Å². The van der Waals surface area contributed by atoms with Crippen LogP contribution >= 0.6 is 0 Å². The van der Waals surface area contributed by atoms with Crippen LogP contribution in [0.2, 0.25) is 0 Å². The third-order valence-corrected chi connectivity index (χ3v) is 3.23. The van der Waals surface area contributed by atoms with E-state index in [1.807, 2.05) is 12.1 Å². The second kappa shape index (κ2) is 7.36. The Kier molecular flexibility index (Phi) is 5.48. The van der Waals surface area contributed by atoms with E-state index in [0.717, 1.165) is 30.5 Å². The smallest absolute Gasteiger partial charge is 0.161 e. The molecule has 0 spiro atoms. The molecule has 1 fully saturated rings. The highest BCUT2D eigenvalue weighted by Crippen LogP contribution is 2.29. The minimum Gasteiger partial charge on any atom is -0.493 e. The van der Waals surface area contributed by atoms with Gasteiger partial charge in [-0.15, -0.1) is 0 Å². The maximum absolute atomic E-state index is 5.61. The quantitative estimate of drug-likeness (QED) is 0.695. The van der Waals surface area contributed by atoms with E-state index in [0.29, 0.717) is 13.2 Å². The summed E-state index contributed by atoms with van der Waals surface area (Å²) in [4.78, 5) is 0. The first-order valence-corrected chi connectivity index (χ1v) is 6.83. The molecule has 1 aromatic rings. The van der Waals surface area contributed by atoms with Crippen molar-refractivity contribution in [2.24, 2.45) is 5.92 Å². The minimum absolute atomic E-state index is 0.534. The van der Waals surface area contributed by atoms with Gasteiger partial charge in [-0.25, -0.2) is 0 Å². The molecule has 0 bridgehead atoms. The second-order valence-electron chi connectivity index (χ2n) is 4.90. The summed E-state index contributed by atoms with van der Waals surface area (Å²) >= 11 is 0. The molecule has 4 heteroatoms. The van der Waals surface area contributed by atoms with Gasteiger partial charge in [0.15, 0.2) is 11.5 Å². The Hall–Kier alpha value is -1.26. The van der Waals surface area contributed by atoms with Gasteiger partial charge >= 0.3 is 0 Å². The average Bonchev–Trinajstić information content (AvgIpc) is 3.24. The molecule has 0 saturated heterocycles. The summed E-state index contributed by atoms with van der Waals surface area (Å²) in [5.41, 5.74) is 1.22. The van der Waals surface area contributed by atoms with Crippen molar-refractivity contribution in [1.29, 1.82) is 0 Å². The van der Waals surface area contributed by atoms with E-state index in [1.165, 1.54) is 18.4 Å². The molecule has 0 unspecified atom stereocenters. The van der Waals surface area contributed by atoms with Crippen LogP contribution in [0.15, 0.2) is 18.2 Å². The Morgan fingerprint density at radius 2 is 2.00 bits per heavy atom. The molecule has 4 nitrogen and oxygen atoms in total. The molecule has 0 heterocycles. The van der Waals surface area contributed by atoms with Gasteiger partial charge in [-0.3, -0.25) is 0 Å². The Balaban J connectivity index is 1.86. The normalized spacial score (nSPS) is 14.4. The monoisotopic (exact) mass is 265 g/mol. The summed E-state index contributed by atoms with van der Waals surface area (Å²) in [6, 6.07) is 6.06. The van der Waals surface area contributed by atoms with Crippen LogP contribution in [0.5, 0.6) is 11.5 Å². The fourth-order valence-electron chi connectivity index (χ4n) is 1.92. The molecular formula is C15H23NO3. The number of rotatable bonds is 9. The van der Waals surface area contributed by atoms with Gasteiger partial charge in [-0.05, 0) is 43.0 Å². The SMILES string of the molecule is COCCOc1ccc(CNCC2CC2)cc1OC. The molecule has 0 aromatic heterocycles. The third kappa shape index (κ3) is 4.73. The topological polar surface area (TPSA) is 39.7 Å². The average molecular weight is 265 g/mol. The molecule has 106 valence electrons. The zero-order valence-corrected chi connectivity index (χ0v) is 11.8. The van der Waals surface area contributed by atoms with Gasteiger partial charge in [-0.2, -0.15) is 0 Å². The molecule has 1 saturated carbocycles. The largest absolute Gasteiger partial charge is 0.493 e. The van der Waals surface area contributed by atoms with E-state index >= 15 is 0 Å². The molecule has 2 rings (SSSR count). The van der Waals surface area contributed by atoms with Crippen molar-refractivity contribution >= 4 is 0 Å². The van der Waals surface area contributed by atoms with Gasteiger partial charge in [-0.1, -0.05) is 6.07 Å². The molecule has 1 aliphatic carbocycles. The number of nitrogens with one attached hydrogen (secondary N) is 1. The van der Waals surface area contributed by atoms with Crippen LogP contribution in [0.1, 0.15) is 18.4 Å². The van der Waals surface area contributed by atoms with Crippen molar-refractivity contribution in [3.8, 4) is 11.5 Å². The first-order chi connectivity index (χ1) is 9.33. The molecule has 1 N–H and O–H groups in total. The second-order valence-corrected chi connectivity index (χ2v) is 4.90. The molecule has 1 aromatic carbocycles. The molecule has 0 radical (unpaired) electrons. The van der Waals surface area contributed by atoms with Crippen LogP contribution < -0.4 is 14.8 Å². The van der Waals surface area contributed by atoms with Crippen LogP contribution in [0.25, 0.3) is 0 Å². The molecule has 0 amide bonds. The van der Waals surface area contributed by atoms with Crippen molar-refractivity contribution in [1.82, 2.24) is 5.32 Å². The number of hydrogen-bond acceptors (Lipinski definition) is 4. The predicted molar refractivity (Wildman–Crippen MR) is 74.8 cm³/mol. The Morgan fingerprint density at radius 1 is 1.16 bits per heavy atom. The summed E-state index contributed by atoms with van der Waals surface area (Å²) < 4.78 is 15.9. The number of methoxy groups -OCH3 is 2. The standard InChI is InChI=1S/C15H23NO3/c1-17-7-8-19-14-6-5-13(9-15(14)18-2)11-16-10-12-3-4-12/h5-6,9,12,16H,3-4,7-8,10-11H2,1-2H3. The van der Waals surface area contributed by atoms with E-state index in [-0.39, 0.29) is 0 Å². The lowest BCUT2D eigenvalue weighted by Gasteiger charge is -2.12. The summed E-state index contributed by atoms with van der Waals surface area (Å²) in [6.07, 6.45) is 2.76.